The highest BCUT2D eigenvalue weighted by atomic mass is 16.5. The zero-order valence-electron chi connectivity index (χ0n) is 17.9. The van der Waals surface area contributed by atoms with Gasteiger partial charge in [0.05, 0.1) is 19.8 Å². The van der Waals surface area contributed by atoms with Gasteiger partial charge in [-0.25, -0.2) is 0 Å². The van der Waals surface area contributed by atoms with E-state index in [0.717, 1.165) is 36.4 Å². The molecule has 0 saturated carbocycles. The predicted octanol–water partition coefficient (Wildman–Crippen LogP) is 5.11. The second-order valence-electron chi connectivity index (χ2n) is 8.54. The van der Waals surface area contributed by atoms with E-state index in [9.17, 15) is 0 Å². The molecular weight excluding hydrogens is 384 g/mol. The van der Waals surface area contributed by atoms with Crippen LogP contribution in [-0.4, -0.2) is 25.7 Å². The number of para-hydroxylation sites is 2. The van der Waals surface area contributed by atoms with Crippen LogP contribution < -0.4 is 14.8 Å². The zero-order valence-corrected chi connectivity index (χ0v) is 17.9. The normalized spacial score (nSPS) is 21.8. The molecule has 0 bridgehead atoms. The Balaban J connectivity index is 1.62. The molecule has 0 saturated heterocycles. The minimum absolute atomic E-state index is 0.162. The van der Waals surface area contributed by atoms with Crippen molar-refractivity contribution in [1.29, 1.82) is 0 Å². The van der Waals surface area contributed by atoms with Crippen molar-refractivity contribution < 1.29 is 9.47 Å². The quantitative estimate of drug-likeness (QED) is 0.493. The maximum Gasteiger partial charge on any atom is 0.164 e. The average molecular weight is 411 g/mol. The molecule has 2 atom stereocenters. The molecule has 1 aliphatic carbocycles. The van der Waals surface area contributed by atoms with Gasteiger partial charge in [0.1, 0.15) is 0 Å². The van der Waals surface area contributed by atoms with Crippen LogP contribution in [0.25, 0.3) is 10.9 Å². The fourth-order valence-corrected chi connectivity index (χ4v) is 5.84. The summed E-state index contributed by atoms with van der Waals surface area (Å²) in [6.45, 7) is 0.840. The van der Waals surface area contributed by atoms with Crippen molar-refractivity contribution in [1.82, 2.24) is 10.3 Å². The molecule has 4 heteroatoms. The Hall–Kier alpha value is -3.24. The first-order chi connectivity index (χ1) is 15.3. The lowest BCUT2D eigenvalue weighted by atomic mass is 9.76. The van der Waals surface area contributed by atoms with E-state index in [4.69, 9.17) is 9.47 Å². The van der Waals surface area contributed by atoms with Crippen LogP contribution in [0.3, 0.4) is 0 Å². The number of aromatic nitrogens is 1. The monoisotopic (exact) mass is 410 g/mol. The lowest BCUT2D eigenvalue weighted by Gasteiger charge is -2.40. The third kappa shape index (κ3) is 2.52. The molecule has 1 aromatic heterocycles. The van der Waals surface area contributed by atoms with Gasteiger partial charge in [0, 0.05) is 34.6 Å². The number of methoxy groups -OCH3 is 2. The molecule has 2 heterocycles. The number of aryl methyl sites for hydroxylation is 1. The molecular formula is C27H26N2O2. The van der Waals surface area contributed by atoms with Gasteiger partial charge in [-0.05, 0) is 41.7 Å². The molecule has 0 amide bonds. The molecule has 0 unspecified atom stereocenters. The number of H-pyrrole nitrogens is 1. The van der Waals surface area contributed by atoms with E-state index in [1.165, 1.54) is 33.3 Å². The van der Waals surface area contributed by atoms with Crippen LogP contribution in [-0.2, 0) is 12.0 Å². The number of rotatable bonds is 3. The summed E-state index contributed by atoms with van der Waals surface area (Å²) in [4.78, 5) is 3.82. The van der Waals surface area contributed by atoms with E-state index >= 15 is 0 Å². The maximum atomic E-state index is 5.83. The molecule has 0 radical (unpaired) electrons. The minimum atomic E-state index is -0.173. The number of hydrogen-bond donors (Lipinski definition) is 2. The van der Waals surface area contributed by atoms with Crippen molar-refractivity contribution in [3.05, 3.63) is 94.7 Å². The number of fused-ring (bicyclic) bond motifs is 6. The Morgan fingerprint density at radius 2 is 1.74 bits per heavy atom. The molecule has 156 valence electrons. The van der Waals surface area contributed by atoms with Crippen LogP contribution in [0.15, 0.2) is 66.7 Å². The van der Waals surface area contributed by atoms with Crippen molar-refractivity contribution in [2.75, 3.05) is 20.8 Å². The lowest BCUT2D eigenvalue weighted by Crippen LogP contribution is -2.48. The summed E-state index contributed by atoms with van der Waals surface area (Å²) in [6, 6.07) is 23.7. The topological polar surface area (TPSA) is 46.3 Å². The average Bonchev–Trinajstić information content (AvgIpc) is 3.39. The zero-order chi connectivity index (χ0) is 21.0. The van der Waals surface area contributed by atoms with Gasteiger partial charge in [-0.2, -0.15) is 0 Å². The van der Waals surface area contributed by atoms with Crippen molar-refractivity contribution in [2.45, 2.75) is 24.3 Å². The standard InChI is InChI=1S/C27H26N2O2/c1-30-23-13-7-10-18(25(23)31-2)20-16-28-27(15-14-17-8-3-5-11-21(17)27)26-24(20)19-9-4-6-12-22(19)29-26/h3-13,20,28-29H,14-16H2,1-2H3/t20-,27-/m1/s1. The second kappa shape index (κ2) is 6.89. The largest absolute Gasteiger partial charge is 0.493 e. The van der Waals surface area contributed by atoms with Gasteiger partial charge < -0.3 is 19.8 Å². The number of ether oxygens (including phenoxy) is 2. The first kappa shape index (κ1) is 18.5. The molecule has 3 aromatic carbocycles. The van der Waals surface area contributed by atoms with E-state index in [1.807, 2.05) is 6.07 Å². The van der Waals surface area contributed by atoms with Crippen molar-refractivity contribution in [3.63, 3.8) is 0 Å². The molecule has 0 fully saturated rings. The molecule has 6 rings (SSSR count). The van der Waals surface area contributed by atoms with E-state index in [-0.39, 0.29) is 11.5 Å². The molecule has 1 aliphatic heterocycles. The van der Waals surface area contributed by atoms with E-state index in [2.05, 4.69) is 71.0 Å². The van der Waals surface area contributed by atoms with Crippen molar-refractivity contribution in [3.8, 4) is 11.5 Å². The van der Waals surface area contributed by atoms with Crippen LogP contribution in [0.4, 0.5) is 0 Å². The van der Waals surface area contributed by atoms with Gasteiger partial charge >= 0.3 is 0 Å². The molecule has 4 nitrogen and oxygen atoms in total. The van der Waals surface area contributed by atoms with Gasteiger partial charge in [-0.15, -0.1) is 0 Å². The van der Waals surface area contributed by atoms with Crippen LogP contribution in [0.5, 0.6) is 11.5 Å². The lowest BCUT2D eigenvalue weighted by molar-refractivity contribution is 0.337. The molecule has 31 heavy (non-hydrogen) atoms. The van der Waals surface area contributed by atoms with Gasteiger partial charge in [0.25, 0.3) is 0 Å². The smallest absolute Gasteiger partial charge is 0.164 e. The highest BCUT2D eigenvalue weighted by Crippen LogP contribution is 2.51. The van der Waals surface area contributed by atoms with E-state index in [1.54, 1.807) is 14.2 Å². The Kier molecular flexibility index (Phi) is 4.12. The first-order valence-corrected chi connectivity index (χ1v) is 10.9. The Morgan fingerprint density at radius 3 is 2.61 bits per heavy atom. The van der Waals surface area contributed by atoms with Gasteiger partial charge in [-0.3, -0.25) is 0 Å². The van der Waals surface area contributed by atoms with Crippen molar-refractivity contribution >= 4 is 10.9 Å². The fourth-order valence-electron chi connectivity index (χ4n) is 5.84. The Labute approximate surface area is 182 Å². The summed E-state index contributed by atoms with van der Waals surface area (Å²) >= 11 is 0. The molecule has 2 N–H and O–H groups in total. The summed E-state index contributed by atoms with van der Waals surface area (Å²) in [6.07, 6.45) is 2.15. The summed E-state index contributed by atoms with van der Waals surface area (Å²) in [5.41, 5.74) is 7.68. The summed E-state index contributed by atoms with van der Waals surface area (Å²) in [5.74, 6) is 1.75. The number of nitrogens with one attached hydrogen (secondary N) is 2. The summed E-state index contributed by atoms with van der Waals surface area (Å²) in [7, 11) is 3.42. The second-order valence-corrected chi connectivity index (χ2v) is 8.54. The van der Waals surface area contributed by atoms with Gasteiger partial charge in [0.2, 0.25) is 0 Å². The highest BCUT2D eigenvalue weighted by molar-refractivity contribution is 5.87. The van der Waals surface area contributed by atoms with E-state index in [0.29, 0.717) is 0 Å². The van der Waals surface area contributed by atoms with Gasteiger partial charge in [-0.1, -0.05) is 54.6 Å². The summed E-state index contributed by atoms with van der Waals surface area (Å²) < 4.78 is 11.4. The Bertz CT molecular complexity index is 1290. The first-order valence-electron chi connectivity index (χ1n) is 10.9. The van der Waals surface area contributed by atoms with Gasteiger partial charge in [0.15, 0.2) is 11.5 Å². The minimum Gasteiger partial charge on any atom is -0.493 e. The number of aromatic amines is 1. The highest BCUT2D eigenvalue weighted by Gasteiger charge is 2.47. The SMILES string of the molecule is COc1cccc([C@H]2CN[C@@]3(CCc4ccccc43)c3[nH]c4ccccc4c32)c1OC. The maximum absolute atomic E-state index is 5.83. The molecule has 4 aromatic rings. The van der Waals surface area contributed by atoms with Crippen LogP contribution >= 0.6 is 0 Å². The number of hydrogen-bond acceptors (Lipinski definition) is 3. The molecule has 2 aliphatic rings. The third-order valence-electron chi connectivity index (χ3n) is 7.18. The van der Waals surface area contributed by atoms with Crippen LogP contribution in [0, 0.1) is 0 Å². The van der Waals surface area contributed by atoms with Crippen LogP contribution in [0.2, 0.25) is 0 Å². The van der Waals surface area contributed by atoms with Crippen LogP contribution in [0.1, 0.15) is 40.3 Å². The molecule has 1 spiro atoms. The number of benzene rings is 3. The fraction of sp³-hybridized carbons (Fsp3) is 0.259. The van der Waals surface area contributed by atoms with Crippen molar-refractivity contribution in [2.24, 2.45) is 0 Å². The van der Waals surface area contributed by atoms with E-state index < -0.39 is 0 Å². The Morgan fingerprint density at radius 1 is 0.903 bits per heavy atom. The predicted molar refractivity (Wildman–Crippen MR) is 123 cm³/mol. The summed E-state index contributed by atoms with van der Waals surface area (Å²) in [5, 5.41) is 5.27. The third-order valence-corrected chi connectivity index (χ3v) is 7.18.